The van der Waals surface area contributed by atoms with Gasteiger partial charge in [-0.05, 0) is 32.4 Å². The smallest absolute Gasteiger partial charge is 0.223 e. The van der Waals surface area contributed by atoms with Crippen LogP contribution in [0.1, 0.15) is 23.4 Å². The van der Waals surface area contributed by atoms with Crippen LogP contribution in [0.3, 0.4) is 0 Å². The molecule has 2 aromatic heterocycles. The van der Waals surface area contributed by atoms with E-state index in [1.807, 2.05) is 30.9 Å². The molecule has 0 unspecified atom stereocenters. The van der Waals surface area contributed by atoms with Crippen molar-refractivity contribution >= 4 is 23.3 Å². The standard InChI is InChI=1S/C17H21ClN4O2/c1-12-14(13(2)24-20-12)5-6-16(23)21-8-10-22(11-9-21)17-15(18)4-3-7-19-17/h3-4,7H,5-6,8-11H2,1-2H3. The van der Waals surface area contributed by atoms with Gasteiger partial charge in [-0.1, -0.05) is 16.8 Å². The molecule has 1 amide bonds. The van der Waals surface area contributed by atoms with E-state index in [2.05, 4.69) is 15.0 Å². The van der Waals surface area contributed by atoms with Gasteiger partial charge in [-0.25, -0.2) is 4.98 Å². The van der Waals surface area contributed by atoms with Crippen molar-refractivity contribution in [2.75, 3.05) is 31.1 Å². The number of halogens is 1. The van der Waals surface area contributed by atoms with Crippen LogP contribution in [0.25, 0.3) is 0 Å². The number of aryl methyl sites for hydroxylation is 2. The molecular formula is C17H21ClN4O2. The highest BCUT2D eigenvalue weighted by molar-refractivity contribution is 6.32. The second kappa shape index (κ2) is 7.21. The van der Waals surface area contributed by atoms with Crippen LogP contribution in [0.4, 0.5) is 5.82 Å². The number of piperazine rings is 1. The molecule has 0 N–H and O–H groups in total. The zero-order valence-electron chi connectivity index (χ0n) is 14.0. The zero-order valence-corrected chi connectivity index (χ0v) is 14.7. The first-order valence-corrected chi connectivity index (χ1v) is 8.49. The molecule has 1 aliphatic rings. The molecule has 0 aromatic carbocycles. The van der Waals surface area contributed by atoms with Crippen molar-refractivity contribution in [3.05, 3.63) is 40.4 Å². The van der Waals surface area contributed by atoms with Gasteiger partial charge in [0, 0.05) is 44.4 Å². The summed E-state index contributed by atoms with van der Waals surface area (Å²) in [5, 5.41) is 4.58. The van der Waals surface area contributed by atoms with Gasteiger partial charge in [0.15, 0.2) is 0 Å². The molecule has 1 aliphatic heterocycles. The number of amides is 1. The van der Waals surface area contributed by atoms with Gasteiger partial charge in [0.1, 0.15) is 11.6 Å². The highest BCUT2D eigenvalue weighted by Crippen LogP contribution is 2.23. The first-order chi connectivity index (χ1) is 11.6. The molecule has 0 saturated carbocycles. The zero-order chi connectivity index (χ0) is 17.1. The van der Waals surface area contributed by atoms with E-state index in [0.717, 1.165) is 35.9 Å². The molecule has 6 nitrogen and oxygen atoms in total. The van der Waals surface area contributed by atoms with Gasteiger partial charge in [-0.2, -0.15) is 0 Å². The van der Waals surface area contributed by atoms with E-state index in [0.29, 0.717) is 31.0 Å². The van der Waals surface area contributed by atoms with Crippen LogP contribution < -0.4 is 4.90 Å². The third-order valence-electron chi connectivity index (χ3n) is 4.44. The van der Waals surface area contributed by atoms with Gasteiger partial charge in [-0.15, -0.1) is 0 Å². The lowest BCUT2D eigenvalue weighted by Gasteiger charge is -2.35. The molecule has 3 rings (SSSR count). The Labute approximate surface area is 146 Å². The van der Waals surface area contributed by atoms with E-state index in [1.165, 1.54) is 0 Å². The summed E-state index contributed by atoms with van der Waals surface area (Å²) in [7, 11) is 0. The first kappa shape index (κ1) is 16.8. The lowest BCUT2D eigenvalue weighted by atomic mass is 10.1. The summed E-state index contributed by atoms with van der Waals surface area (Å²) in [6.45, 7) is 6.66. The van der Waals surface area contributed by atoms with Gasteiger partial charge in [-0.3, -0.25) is 4.79 Å². The monoisotopic (exact) mass is 348 g/mol. The second-order valence-corrected chi connectivity index (χ2v) is 6.39. The Balaban J connectivity index is 1.53. The van der Waals surface area contributed by atoms with E-state index < -0.39 is 0 Å². The number of carbonyl (C=O) groups is 1. The maximum absolute atomic E-state index is 12.4. The fourth-order valence-electron chi connectivity index (χ4n) is 3.03. The fraction of sp³-hybridized carbons (Fsp3) is 0.471. The number of rotatable bonds is 4. The van der Waals surface area contributed by atoms with Crippen LogP contribution in [-0.4, -0.2) is 47.1 Å². The van der Waals surface area contributed by atoms with Crippen LogP contribution in [-0.2, 0) is 11.2 Å². The van der Waals surface area contributed by atoms with Crippen LogP contribution >= 0.6 is 11.6 Å². The first-order valence-electron chi connectivity index (χ1n) is 8.11. The highest BCUT2D eigenvalue weighted by atomic mass is 35.5. The maximum Gasteiger partial charge on any atom is 0.223 e. The van der Waals surface area contributed by atoms with Gasteiger partial charge >= 0.3 is 0 Å². The number of hydrogen-bond acceptors (Lipinski definition) is 5. The Bertz CT molecular complexity index is 704. The molecule has 0 atom stereocenters. The normalized spacial score (nSPS) is 15.0. The minimum absolute atomic E-state index is 0.168. The van der Waals surface area contributed by atoms with Crippen molar-refractivity contribution in [3.8, 4) is 0 Å². The number of aromatic nitrogens is 2. The van der Waals surface area contributed by atoms with E-state index in [1.54, 1.807) is 6.20 Å². The molecule has 7 heteroatoms. The summed E-state index contributed by atoms with van der Waals surface area (Å²) < 4.78 is 5.15. The number of hydrogen-bond donors (Lipinski definition) is 0. The second-order valence-electron chi connectivity index (χ2n) is 5.98. The third-order valence-corrected chi connectivity index (χ3v) is 4.74. The molecule has 1 fully saturated rings. The molecule has 24 heavy (non-hydrogen) atoms. The number of anilines is 1. The van der Waals surface area contributed by atoms with E-state index in [-0.39, 0.29) is 5.91 Å². The lowest BCUT2D eigenvalue weighted by Crippen LogP contribution is -2.49. The Kier molecular flexibility index (Phi) is 5.04. The van der Waals surface area contributed by atoms with Crippen molar-refractivity contribution in [1.82, 2.24) is 15.0 Å². The van der Waals surface area contributed by atoms with E-state index >= 15 is 0 Å². The summed E-state index contributed by atoms with van der Waals surface area (Å²) in [6.07, 6.45) is 2.89. The van der Waals surface area contributed by atoms with Gasteiger partial charge in [0.05, 0.1) is 10.7 Å². The number of nitrogens with zero attached hydrogens (tertiary/aromatic N) is 4. The van der Waals surface area contributed by atoms with Crippen LogP contribution in [0.2, 0.25) is 5.02 Å². The van der Waals surface area contributed by atoms with Crippen LogP contribution in [0, 0.1) is 13.8 Å². The van der Waals surface area contributed by atoms with Crippen molar-refractivity contribution < 1.29 is 9.32 Å². The third kappa shape index (κ3) is 3.53. The Hall–Kier alpha value is -2.08. The molecule has 3 heterocycles. The summed E-state index contributed by atoms with van der Waals surface area (Å²) in [4.78, 5) is 20.8. The quantitative estimate of drug-likeness (QED) is 0.850. The predicted molar refractivity (Wildman–Crippen MR) is 92.3 cm³/mol. The summed E-state index contributed by atoms with van der Waals surface area (Å²) >= 11 is 6.19. The summed E-state index contributed by atoms with van der Waals surface area (Å²) in [6, 6.07) is 3.66. The van der Waals surface area contributed by atoms with Crippen molar-refractivity contribution in [3.63, 3.8) is 0 Å². The number of pyridine rings is 1. The number of carbonyl (C=O) groups excluding carboxylic acids is 1. The van der Waals surface area contributed by atoms with Crippen molar-refractivity contribution in [2.45, 2.75) is 26.7 Å². The van der Waals surface area contributed by atoms with Crippen LogP contribution in [0.5, 0.6) is 0 Å². The van der Waals surface area contributed by atoms with Gasteiger partial charge in [0.25, 0.3) is 0 Å². The largest absolute Gasteiger partial charge is 0.361 e. The molecule has 128 valence electrons. The minimum Gasteiger partial charge on any atom is -0.361 e. The van der Waals surface area contributed by atoms with E-state index in [9.17, 15) is 4.79 Å². The average Bonchev–Trinajstić information content (AvgIpc) is 2.91. The average molecular weight is 349 g/mol. The molecule has 2 aromatic rings. The molecule has 0 spiro atoms. The minimum atomic E-state index is 0.168. The van der Waals surface area contributed by atoms with Crippen molar-refractivity contribution in [1.29, 1.82) is 0 Å². The van der Waals surface area contributed by atoms with Gasteiger partial charge in [0.2, 0.25) is 5.91 Å². The van der Waals surface area contributed by atoms with Crippen LogP contribution in [0.15, 0.2) is 22.9 Å². The SMILES string of the molecule is Cc1noc(C)c1CCC(=O)N1CCN(c2ncccc2Cl)CC1. The predicted octanol–water partition coefficient (Wildman–Crippen LogP) is 2.62. The van der Waals surface area contributed by atoms with E-state index in [4.69, 9.17) is 16.1 Å². The maximum atomic E-state index is 12.4. The molecule has 0 bridgehead atoms. The topological polar surface area (TPSA) is 62.5 Å². The Morgan fingerprint density at radius 2 is 2.04 bits per heavy atom. The highest BCUT2D eigenvalue weighted by Gasteiger charge is 2.23. The van der Waals surface area contributed by atoms with Crippen molar-refractivity contribution in [2.24, 2.45) is 0 Å². The lowest BCUT2D eigenvalue weighted by molar-refractivity contribution is -0.131. The molecule has 0 radical (unpaired) electrons. The Morgan fingerprint density at radius 3 is 2.67 bits per heavy atom. The molecule has 0 aliphatic carbocycles. The summed E-state index contributed by atoms with van der Waals surface area (Å²) in [5.41, 5.74) is 1.91. The molecule has 1 saturated heterocycles. The fourth-order valence-corrected chi connectivity index (χ4v) is 3.27. The molecular weight excluding hydrogens is 328 g/mol. The van der Waals surface area contributed by atoms with Gasteiger partial charge < -0.3 is 14.3 Å². The Morgan fingerprint density at radius 1 is 1.29 bits per heavy atom. The summed E-state index contributed by atoms with van der Waals surface area (Å²) in [5.74, 6) is 1.76.